The van der Waals surface area contributed by atoms with E-state index in [2.05, 4.69) is 9.80 Å². The molecule has 0 radical (unpaired) electrons. The Morgan fingerprint density at radius 1 is 0.591 bits per heavy atom. The Bertz CT molecular complexity index is 213. The lowest BCUT2D eigenvalue weighted by Crippen LogP contribution is -2.27. The molecule has 1 heterocycles. The summed E-state index contributed by atoms with van der Waals surface area (Å²) in [6.45, 7) is 2.10. The molecule has 22 heavy (non-hydrogen) atoms. The van der Waals surface area contributed by atoms with E-state index in [1.165, 1.54) is 35.9 Å². The smallest absolute Gasteiger partial charge is 0.0559 e. The van der Waals surface area contributed by atoms with Crippen LogP contribution in [0.4, 0.5) is 0 Å². The van der Waals surface area contributed by atoms with Crippen LogP contribution in [0.15, 0.2) is 0 Å². The van der Waals surface area contributed by atoms with Crippen LogP contribution < -0.4 is 0 Å². The fourth-order valence-corrected chi connectivity index (χ4v) is 6.34. The normalized spacial score (nSPS) is 22.6. The van der Waals surface area contributed by atoms with Crippen LogP contribution in [0, 0.1) is 0 Å². The highest BCUT2D eigenvalue weighted by molar-refractivity contribution is 8.01. The minimum atomic E-state index is 0.257. The fourth-order valence-electron chi connectivity index (χ4n) is 1.92. The molecule has 1 fully saturated rings. The molecule has 0 unspecified atom stereocenters. The zero-order chi connectivity index (χ0) is 15.9. The molecule has 1 aliphatic heterocycles. The third kappa shape index (κ3) is 11.7. The first-order valence-electron chi connectivity index (χ1n) is 7.84. The number of β-amino-alcohol motifs (C(OH)–C–C–N with tert-alkyl or cyclic N) is 2. The molecule has 1 saturated heterocycles. The minimum Gasteiger partial charge on any atom is -0.395 e. The van der Waals surface area contributed by atoms with E-state index in [0.29, 0.717) is 0 Å². The molecule has 0 spiro atoms. The lowest BCUT2D eigenvalue weighted by atomic mass is 10.6. The predicted octanol–water partition coefficient (Wildman–Crippen LogP) is 2.13. The van der Waals surface area contributed by atoms with Gasteiger partial charge in [0.05, 0.1) is 13.2 Å². The second-order valence-corrected chi connectivity index (χ2v) is 9.39. The highest BCUT2D eigenvalue weighted by Crippen LogP contribution is 2.16. The Morgan fingerprint density at radius 3 is 1.18 bits per heavy atom. The van der Waals surface area contributed by atoms with Crippen molar-refractivity contribution in [1.82, 2.24) is 9.80 Å². The second kappa shape index (κ2) is 15.7. The average Bonchev–Trinajstić information content (AvgIpc) is 2.51. The summed E-state index contributed by atoms with van der Waals surface area (Å²) >= 11 is 7.91. The van der Waals surface area contributed by atoms with Gasteiger partial charge in [-0.2, -0.15) is 0 Å². The quantitative estimate of drug-likeness (QED) is 0.762. The first-order valence-corrected chi connectivity index (χ1v) is 12.5. The van der Waals surface area contributed by atoms with Crippen molar-refractivity contribution >= 4 is 47.0 Å². The molecule has 132 valence electrons. The van der Waals surface area contributed by atoms with Gasteiger partial charge in [0.2, 0.25) is 0 Å². The maximum Gasteiger partial charge on any atom is 0.0559 e. The molecule has 1 aliphatic rings. The van der Waals surface area contributed by atoms with Gasteiger partial charge in [0.25, 0.3) is 0 Å². The summed E-state index contributed by atoms with van der Waals surface area (Å²) in [5, 5.41) is 18.3. The number of hydrogen-bond donors (Lipinski definition) is 2. The van der Waals surface area contributed by atoms with E-state index in [1.807, 2.05) is 47.0 Å². The van der Waals surface area contributed by atoms with Crippen molar-refractivity contribution in [1.29, 1.82) is 0 Å². The SMILES string of the molecule is OCCN1CSCCCSCN(CCO)CSCCCSC1. The Balaban J connectivity index is 2.29. The lowest BCUT2D eigenvalue weighted by Gasteiger charge is -2.22. The Morgan fingerprint density at radius 2 is 0.909 bits per heavy atom. The van der Waals surface area contributed by atoms with E-state index in [1.54, 1.807) is 0 Å². The van der Waals surface area contributed by atoms with Gasteiger partial charge in [-0.05, 0) is 35.9 Å². The largest absolute Gasteiger partial charge is 0.395 e. The first-order chi connectivity index (χ1) is 10.9. The van der Waals surface area contributed by atoms with Gasteiger partial charge in [-0.25, -0.2) is 0 Å². The van der Waals surface area contributed by atoms with Crippen molar-refractivity contribution in [3.05, 3.63) is 0 Å². The highest BCUT2D eigenvalue weighted by atomic mass is 32.2. The Labute approximate surface area is 152 Å². The van der Waals surface area contributed by atoms with E-state index in [0.717, 1.165) is 36.6 Å². The summed E-state index contributed by atoms with van der Waals surface area (Å²) in [5.74, 6) is 8.88. The highest BCUT2D eigenvalue weighted by Gasteiger charge is 2.07. The number of thioether (sulfide) groups is 4. The van der Waals surface area contributed by atoms with E-state index >= 15 is 0 Å². The monoisotopic (exact) mass is 386 g/mol. The maximum atomic E-state index is 9.14. The van der Waals surface area contributed by atoms with Crippen molar-refractivity contribution in [2.45, 2.75) is 12.8 Å². The molecule has 0 aromatic rings. The number of hydrogen-bond acceptors (Lipinski definition) is 8. The molecule has 0 aromatic carbocycles. The topological polar surface area (TPSA) is 46.9 Å². The van der Waals surface area contributed by atoms with Gasteiger partial charge in [-0.15, -0.1) is 47.0 Å². The van der Waals surface area contributed by atoms with Crippen LogP contribution in [-0.2, 0) is 0 Å². The van der Waals surface area contributed by atoms with Crippen molar-refractivity contribution in [3.63, 3.8) is 0 Å². The minimum absolute atomic E-state index is 0.257. The van der Waals surface area contributed by atoms with Gasteiger partial charge >= 0.3 is 0 Å². The number of nitrogens with zero attached hydrogens (tertiary/aromatic N) is 2. The van der Waals surface area contributed by atoms with Crippen LogP contribution in [-0.4, -0.2) is 92.8 Å². The Kier molecular flexibility index (Phi) is 15.2. The molecule has 1 rings (SSSR count). The number of rotatable bonds is 4. The van der Waals surface area contributed by atoms with E-state index in [9.17, 15) is 0 Å². The van der Waals surface area contributed by atoms with Crippen LogP contribution in [0.3, 0.4) is 0 Å². The molecule has 0 saturated carbocycles. The number of aliphatic hydroxyl groups excluding tert-OH is 2. The Hall–Kier alpha value is 1.24. The summed E-state index contributed by atoms with van der Waals surface area (Å²) in [7, 11) is 0. The van der Waals surface area contributed by atoms with Crippen LogP contribution in [0.1, 0.15) is 12.8 Å². The fraction of sp³-hybridized carbons (Fsp3) is 1.00. The maximum absolute atomic E-state index is 9.14. The van der Waals surface area contributed by atoms with Gasteiger partial charge in [0, 0.05) is 36.6 Å². The standard InChI is InChI=1S/C14H30N2O2S4/c17-5-3-15-11-19-7-1-8-20-12-16(4-6-18)14-22-10-2-9-21-13-15/h17-18H,1-14H2. The molecule has 0 aliphatic carbocycles. The molecule has 8 heteroatoms. The molecule has 0 aromatic heterocycles. The third-order valence-electron chi connectivity index (χ3n) is 3.08. The predicted molar refractivity (Wildman–Crippen MR) is 106 cm³/mol. The summed E-state index contributed by atoms with van der Waals surface area (Å²) < 4.78 is 0. The van der Waals surface area contributed by atoms with Crippen LogP contribution in [0.5, 0.6) is 0 Å². The summed E-state index contributed by atoms with van der Waals surface area (Å²) in [6.07, 6.45) is 2.46. The second-order valence-electron chi connectivity index (χ2n) is 5.09. The molecule has 4 nitrogen and oxygen atoms in total. The van der Waals surface area contributed by atoms with Crippen molar-refractivity contribution < 1.29 is 10.2 Å². The van der Waals surface area contributed by atoms with E-state index in [4.69, 9.17) is 10.2 Å². The van der Waals surface area contributed by atoms with Gasteiger partial charge in [0.1, 0.15) is 0 Å². The zero-order valence-electron chi connectivity index (χ0n) is 13.3. The first kappa shape index (κ1) is 21.3. The summed E-state index contributed by atoms with van der Waals surface area (Å²) in [6, 6.07) is 0. The molecule has 0 bridgehead atoms. The van der Waals surface area contributed by atoms with Gasteiger partial charge in [-0.3, -0.25) is 9.80 Å². The zero-order valence-corrected chi connectivity index (χ0v) is 16.6. The molecular formula is C14H30N2O2S4. The summed E-state index contributed by atoms with van der Waals surface area (Å²) in [4.78, 5) is 4.70. The molecule has 0 atom stereocenters. The third-order valence-corrected chi connectivity index (χ3v) is 7.58. The van der Waals surface area contributed by atoms with Crippen molar-refractivity contribution in [2.75, 3.05) is 72.8 Å². The molecule has 2 N–H and O–H groups in total. The molecule has 0 amide bonds. The van der Waals surface area contributed by atoms with Crippen molar-refractivity contribution in [3.8, 4) is 0 Å². The molecular weight excluding hydrogens is 356 g/mol. The van der Waals surface area contributed by atoms with E-state index < -0.39 is 0 Å². The van der Waals surface area contributed by atoms with Crippen molar-refractivity contribution in [2.24, 2.45) is 0 Å². The van der Waals surface area contributed by atoms with Gasteiger partial charge in [-0.1, -0.05) is 0 Å². The lowest BCUT2D eigenvalue weighted by molar-refractivity contribution is 0.234. The van der Waals surface area contributed by atoms with E-state index in [-0.39, 0.29) is 13.2 Å². The van der Waals surface area contributed by atoms with Gasteiger partial charge < -0.3 is 10.2 Å². The van der Waals surface area contributed by atoms with Crippen LogP contribution in [0.25, 0.3) is 0 Å². The van der Waals surface area contributed by atoms with Crippen LogP contribution in [0.2, 0.25) is 0 Å². The summed E-state index contributed by atoms with van der Waals surface area (Å²) in [5.41, 5.74) is 0. The van der Waals surface area contributed by atoms with Crippen LogP contribution >= 0.6 is 47.0 Å². The van der Waals surface area contributed by atoms with Gasteiger partial charge in [0.15, 0.2) is 0 Å². The number of aliphatic hydroxyl groups is 2. The average molecular weight is 387 g/mol.